The maximum Gasteiger partial charge on any atom is 0.303 e. The van der Waals surface area contributed by atoms with E-state index in [1.54, 1.807) is 0 Å². The lowest BCUT2D eigenvalue weighted by Crippen LogP contribution is -2.56. The summed E-state index contributed by atoms with van der Waals surface area (Å²) >= 11 is 1.34. The van der Waals surface area contributed by atoms with Gasteiger partial charge in [0.15, 0.2) is 18.3 Å². The Morgan fingerprint density at radius 3 is 2.04 bits per heavy atom. The van der Waals surface area contributed by atoms with Gasteiger partial charge in [0.2, 0.25) is 0 Å². The third-order valence-electron chi connectivity index (χ3n) is 3.30. The molecule has 25 heavy (non-hydrogen) atoms. The summed E-state index contributed by atoms with van der Waals surface area (Å²) in [6, 6.07) is 9.40. The van der Waals surface area contributed by atoms with Crippen LogP contribution in [0.15, 0.2) is 35.2 Å². The van der Waals surface area contributed by atoms with Crippen LogP contribution in [-0.4, -0.2) is 48.3 Å². The molecule has 1 aliphatic rings. The van der Waals surface area contributed by atoms with Crippen LogP contribution in [0.1, 0.15) is 20.8 Å². The van der Waals surface area contributed by atoms with Gasteiger partial charge in [0.05, 0.1) is 6.61 Å². The molecule has 1 unspecified atom stereocenters. The van der Waals surface area contributed by atoms with E-state index >= 15 is 0 Å². The Kier molecular flexibility index (Phi) is 6.83. The molecular formula is C17H20O7S. The molecule has 1 heterocycles. The van der Waals surface area contributed by atoms with Gasteiger partial charge in [-0.2, -0.15) is 0 Å². The van der Waals surface area contributed by atoms with E-state index in [0.29, 0.717) is 0 Å². The molecule has 0 bridgehead atoms. The first-order valence-electron chi connectivity index (χ1n) is 7.71. The number of esters is 3. The van der Waals surface area contributed by atoms with Crippen molar-refractivity contribution in [3.8, 4) is 0 Å². The summed E-state index contributed by atoms with van der Waals surface area (Å²) in [5.41, 5.74) is -0.609. The van der Waals surface area contributed by atoms with Gasteiger partial charge in [-0.15, -0.1) is 0 Å². The normalized spacial score (nSPS) is 25.7. The zero-order valence-electron chi connectivity index (χ0n) is 14.2. The largest absolute Gasteiger partial charge is 0.456 e. The van der Waals surface area contributed by atoms with E-state index in [1.807, 2.05) is 30.3 Å². The van der Waals surface area contributed by atoms with E-state index in [2.05, 4.69) is 0 Å². The Labute approximate surface area is 150 Å². The number of hydrogen-bond donors (Lipinski definition) is 0. The average Bonchev–Trinajstić information content (AvgIpc) is 2.52. The van der Waals surface area contributed by atoms with Crippen molar-refractivity contribution in [2.24, 2.45) is 0 Å². The van der Waals surface area contributed by atoms with Crippen molar-refractivity contribution < 1.29 is 33.3 Å². The minimum atomic E-state index is -0.944. The fourth-order valence-electron chi connectivity index (χ4n) is 2.44. The van der Waals surface area contributed by atoms with Gasteiger partial charge >= 0.3 is 17.9 Å². The van der Waals surface area contributed by atoms with E-state index < -0.39 is 41.7 Å². The van der Waals surface area contributed by atoms with Crippen LogP contribution in [0.2, 0.25) is 0 Å². The number of thioether (sulfide) groups is 1. The van der Waals surface area contributed by atoms with Crippen molar-refractivity contribution in [3.63, 3.8) is 0 Å². The minimum Gasteiger partial charge on any atom is -0.456 e. The van der Waals surface area contributed by atoms with Gasteiger partial charge in [-0.1, -0.05) is 30.0 Å². The minimum absolute atomic E-state index is 0.0276. The van der Waals surface area contributed by atoms with Crippen LogP contribution in [0.3, 0.4) is 0 Å². The van der Waals surface area contributed by atoms with Crippen LogP contribution >= 0.6 is 11.8 Å². The maximum atomic E-state index is 11.5. The summed E-state index contributed by atoms with van der Waals surface area (Å²) in [4.78, 5) is 35.2. The van der Waals surface area contributed by atoms with Gasteiger partial charge in [-0.25, -0.2) is 0 Å². The molecule has 1 aromatic carbocycles. The highest BCUT2D eigenvalue weighted by atomic mass is 32.2. The molecule has 0 aliphatic carbocycles. The summed E-state index contributed by atoms with van der Waals surface area (Å²) in [7, 11) is 0. The molecular weight excluding hydrogens is 348 g/mol. The summed E-state index contributed by atoms with van der Waals surface area (Å²) in [6.07, 6.45) is -2.71. The molecule has 0 N–H and O–H groups in total. The number of carbonyl (C=O) groups is 3. The number of hydrogen-bond acceptors (Lipinski definition) is 8. The molecule has 0 saturated carbocycles. The van der Waals surface area contributed by atoms with Crippen LogP contribution in [-0.2, 0) is 33.3 Å². The molecule has 0 amide bonds. The van der Waals surface area contributed by atoms with Crippen LogP contribution in [0.5, 0.6) is 0 Å². The molecule has 8 heteroatoms. The SMILES string of the molecule is CC(=O)O[C@H]1[C@H](OC(C)=O)COC(Sc2ccccc2)[C@@H]1OC(C)=O. The first kappa shape index (κ1) is 19.3. The highest BCUT2D eigenvalue weighted by Gasteiger charge is 2.47. The topological polar surface area (TPSA) is 88.1 Å². The smallest absolute Gasteiger partial charge is 0.303 e. The molecule has 4 atom stereocenters. The molecule has 1 saturated heterocycles. The van der Waals surface area contributed by atoms with Crippen LogP contribution in [0.25, 0.3) is 0 Å². The number of carbonyl (C=O) groups excluding carboxylic acids is 3. The van der Waals surface area contributed by atoms with Gasteiger partial charge in [-0.3, -0.25) is 14.4 Å². The molecule has 1 aliphatic heterocycles. The van der Waals surface area contributed by atoms with E-state index in [9.17, 15) is 14.4 Å². The summed E-state index contributed by atoms with van der Waals surface area (Å²) in [5, 5.41) is 0. The Hall–Kier alpha value is -2.06. The van der Waals surface area contributed by atoms with Crippen molar-refractivity contribution >= 4 is 29.7 Å². The zero-order valence-corrected chi connectivity index (χ0v) is 15.0. The predicted octanol–water partition coefficient (Wildman–Crippen LogP) is 1.93. The fraction of sp³-hybridized carbons (Fsp3) is 0.471. The Balaban J connectivity index is 2.25. The van der Waals surface area contributed by atoms with Crippen LogP contribution in [0.4, 0.5) is 0 Å². The lowest BCUT2D eigenvalue weighted by molar-refractivity contribution is -0.213. The summed E-state index contributed by atoms with van der Waals surface area (Å²) in [6.45, 7) is 3.77. The van der Waals surface area contributed by atoms with E-state index in [4.69, 9.17) is 18.9 Å². The average molecular weight is 368 g/mol. The molecule has 1 aromatic rings. The number of ether oxygens (including phenoxy) is 4. The molecule has 1 fully saturated rings. The second-order valence-corrected chi connectivity index (χ2v) is 6.60. The second kappa shape index (κ2) is 8.87. The molecule has 136 valence electrons. The Bertz CT molecular complexity index is 619. The lowest BCUT2D eigenvalue weighted by Gasteiger charge is -2.40. The van der Waals surface area contributed by atoms with Crippen LogP contribution < -0.4 is 0 Å². The molecule has 0 spiro atoms. The van der Waals surface area contributed by atoms with Crippen LogP contribution in [0, 0.1) is 0 Å². The molecule has 0 aromatic heterocycles. The predicted molar refractivity (Wildman–Crippen MR) is 88.7 cm³/mol. The van der Waals surface area contributed by atoms with Gasteiger partial charge < -0.3 is 18.9 Å². The fourth-order valence-corrected chi connectivity index (χ4v) is 3.52. The second-order valence-electron chi connectivity index (χ2n) is 5.43. The van der Waals surface area contributed by atoms with Crippen molar-refractivity contribution in [2.45, 2.75) is 49.4 Å². The monoisotopic (exact) mass is 368 g/mol. The van der Waals surface area contributed by atoms with Gasteiger partial charge in [-0.05, 0) is 12.1 Å². The van der Waals surface area contributed by atoms with Crippen molar-refractivity contribution in [1.82, 2.24) is 0 Å². The third kappa shape index (κ3) is 5.75. The maximum absolute atomic E-state index is 11.5. The third-order valence-corrected chi connectivity index (χ3v) is 4.48. The highest BCUT2D eigenvalue weighted by molar-refractivity contribution is 7.99. The molecule has 0 radical (unpaired) electrons. The molecule has 2 rings (SSSR count). The van der Waals surface area contributed by atoms with Gasteiger partial charge in [0, 0.05) is 25.7 Å². The summed E-state index contributed by atoms with van der Waals surface area (Å²) < 4.78 is 21.6. The summed E-state index contributed by atoms with van der Waals surface area (Å²) in [5.74, 6) is -1.65. The Morgan fingerprint density at radius 2 is 1.48 bits per heavy atom. The van der Waals surface area contributed by atoms with Crippen molar-refractivity contribution in [1.29, 1.82) is 0 Å². The number of rotatable bonds is 5. The van der Waals surface area contributed by atoms with E-state index in [1.165, 1.54) is 32.5 Å². The zero-order chi connectivity index (χ0) is 18.4. The Morgan fingerprint density at radius 1 is 0.920 bits per heavy atom. The van der Waals surface area contributed by atoms with Crippen molar-refractivity contribution in [3.05, 3.63) is 30.3 Å². The quantitative estimate of drug-likeness (QED) is 0.575. The van der Waals surface area contributed by atoms with Crippen molar-refractivity contribution in [2.75, 3.05) is 6.61 Å². The standard InChI is InChI=1S/C17H20O7S/c1-10(18)22-14-9-21-17(25-13-7-5-4-6-8-13)16(24-12(3)20)15(14)23-11(2)19/h4-8,14-17H,9H2,1-3H3/t14-,15+,16-,17?/m1/s1. The van der Waals surface area contributed by atoms with Gasteiger partial charge in [0.1, 0.15) is 5.44 Å². The lowest BCUT2D eigenvalue weighted by atomic mass is 10.1. The van der Waals surface area contributed by atoms with E-state index in [-0.39, 0.29) is 6.61 Å². The van der Waals surface area contributed by atoms with Gasteiger partial charge in [0.25, 0.3) is 0 Å². The highest BCUT2D eigenvalue weighted by Crippen LogP contribution is 2.34. The first-order valence-corrected chi connectivity index (χ1v) is 8.59. The first-order chi connectivity index (χ1) is 11.9. The number of benzene rings is 1. The molecule has 7 nitrogen and oxygen atoms in total. The van der Waals surface area contributed by atoms with E-state index in [0.717, 1.165) is 4.90 Å².